The predicted molar refractivity (Wildman–Crippen MR) is 71.2 cm³/mol. The van der Waals surface area contributed by atoms with Gasteiger partial charge in [-0.3, -0.25) is 9.69 Å². The molecule has 0 saturated carbocycles. The van der Waals surface area contributed by atoms with Crippen LogP contribution in [0.2, 0.25) is 0 Å². The Morgan fingerprint density at radius 3 is 2.56 bits per heavy atom. The summed E-state index contributed by atoms with van der Waals surface area (Å²) in [5.74, 6) is 0.999. The maximum atomic E-state index is 12.0. The van der Waals surface area contributed by atoms with Crippen molar-refractivity contribution in [1.82, 2.24) is 9.97 Å². The molecule has 1 atom stereocenters. The number of hydrogen-bond acceptors (Lipinski definition) is 4. The first-order valence-electron chi connectivity index (χ1n) is 5.62. The SMILES string of the molecule is O=C1CSC(c2ccccc2)N1c1ncccn1. The zero-order valence-electron chi connectivity index (χ0n) is 9.56. The van der Waals surface area contributed by atoms with Crippen LogP contribution >= 0.6 is 11.8 Å². The average Bonchev–Trinajstić information content (AvgIpc) is 2.83. The van der Waals surface area contributed by atoms with Gasteiger partial charge >= 0.3 is 0 Å². The number of carbonyl (C=O) groups is 1. The Morgan fingerprint density at radius 1 is 1.11 bits per heavy atom. The zero-order chi connectivity index (χ0) is 12.4. The molecule has 1 aliphatic heterocycles. The van der Waals surface area contributed by atoms with Gasteiger partial charge in [-0.2, -0.15) is 0 Å². The summed E-state index contributed by atoms with van der Waals surface area (Å²) < 4.78 is 0. The fourth-order valence-corrected chi connectivity index (χ4v) is 3.07. The summed E-state index contributed by atoms with van der Waals surface area (Å²) in [6, 6.07) is 11.7. The Hall–Kier alpha value is -1.88. The lowest BCUT2D eigenvalue weighted by Crippen LogP contribution is -2.29. The van der Waals surface area contributed by atoms with Crippen LogP contribution in [0.15, 0.2) is 48.8 Å². The van der Waals surface area contributed by atoms with Crippen LogP contribution in [0.5, 0.6) is 0 Å². The van der Waals surface area contributed by atoms with Crippen LogP contribution in [0.4, 0.5) is 5.95 Å². The fraction of sp³-hybridized carbons (Fsp3) is 0.154. The maximum absolute atomic E-state index is 12.0. The van der Waals surface area contributed by atoms with Gasteiger partial charge in [0, 0.05) is 12.4 Å². The number of carbonyl (C=O) groups excluding carboxylic acids is 1. The van der Waals surface area contributed by atoms with Crippen molar-refractivity contribution in [1.29, 1.82) is 0 Å². The normalized spacial score (nSPS) is 19.2. The van der Waals surface area contributed by atoms with Gasteiger partial charge in [0.05, 0.1) is 5.75 Å². The molecule has 4 nitrogen and oxygen atoms in total. The molecule has 0 bridgehead atoms. The van der Waals surface area contributed by atoms with Crippen molar-refractivity contribution < 1.29 is 4.79 Å². The topological polar surface area (TPSA) is 46.1 Å². The summed E-state index contributed by atoms with van der Waals surface area (Å²) in [4.78, 5) is 22.0. The van der Waals surface area contributed by atoms with Crippen molar-refractivity contribution in [3.63, 3.8) is 0 Å². The number of amides is 1. The van der Waals surface area contributed by atoms with Crippen molar-refractivity contribution in [2.24, 2.45) is 0 Å². The van der Waals surface area contributed by atoms with Crippen LogP contribution in [-0.4, -0.2) is 21.6 Å². The van der Waals surface area contributed by atoms with Crippen LogP contribution in [0, 0.1) is 0 Å². The monoisotopic (exact) mass is 257 g/mol. The molecule has 5 heteroatoms. The van der Waals surface area contributed by atoms with Crippen molar-refractivity contribution in [2.45, 2.75) is 5.37 Å². The van der Waals surface area contributed by atoms with Crippen molar-refractivity contribution >= 4 is 23.6 Å². The quantitative estimate of drug-likeness (QED) is 0.828. The Morgan fingerprint density at radius 2 is 1.83 bits per heavy atom. The third-order valence-electron chi connectivity index (χ3n) is 2.72. The van der Waals surface area contributed by atoms with Gasteiger partial charge in [0.2, 0.25) is 11.9 Å². The lowest BCUT2D eigenvalue weighted by atomic mass is 10.2. The summed E-state index contributed by atoms with van der Waals surface area (Å²) in [7, 11) is 0. The van der Waals surface area contributed by atoms with Crippen LogP contribution < -0.4 is 4.90 Å². The van der Waals surface area contributed by atoms with Gasteiger partial charge in [0.15, 0.2) is 0 Å². The third kappa shape index (κ3) is 1.97. The number of rotatable bonds is 2. The molecule has 1 fully saturated rings. The maximum Gasteiger partial charge on any atom is 0.240 e. The van der Waals surface area contributed by atoms with E-state index in [9.17, 15) is 4.79 Å². The minimum Gasteiger partial charge on any atom is -0.273 e. The molecule has 0 radical (unpaired) electrons. The van der Waals surface area contributed by atoms with E-state index >= 15 is 0 Å². The molecular weight excluding hydrogens is 246 g/mol. The molecule has 1 saturated heterocycles. The molecule has 0 N–H and O–H groups in total. The van der Waals surface area contributed by atoms with Crippen LogP contribution in [-0.2, 0) is 4.79 Å². The molecule has 3 rings (SSSR count). The molecule has 2 heterocycles. The zero-order valence-corrected chi connectivity index (χ0v) is 10.4. The highest BCUT2D eigenvalue weighted by molar-refractivity contribution is 8.00. The number of benzene rings is 1. The second kappa shape index (κ2) is 4.78. The van der Waals surface area contributed by atoms with Crippen molar-refractivity contribution in [2.75, 3.05) is 10.7 Å². The van der Waals surface area contributed by atoms with Gasteiger partial charge in [-0.25, -0.2) is 9.97 Å². The minimum absolute atomic E-state index is 0.0268. The van der Waals surface area contributed by atoms with Crippen LogP contribution in [0.3, 0.4) is 0 Å². The minimum atomic E-state index is -0.0268. The van der Waals surface area contributed by atoms with E-state index in [1.165, 1.54) is 0 Å². The van der Waals surface area contributed by atoms with E-state index in [1.807, 2.05) is 30.3 Å². The molecule has 1 unspecified atom stereocenters. The number of hydrogen-bond donors (Lipinski definition) is 0. The van der Waals surface area contributed by atoms with Crippen LogP contribution in [0.1, 0.15) is 10.9 Å². The first-order valence-corrected chi connectivity index (χ1v) is 6.67. The third-order valence-corrected chi connectivity index (χ3v) is 3.93. The van der Waals surface area contributed by atoms with E-state index in [4.69, 9.17) is 0 Å². The molecule has 18 heavy (non-hydrogen) atoms. The molecule has 0 aliphatic carbocycles. The first kappa shape index (κ1) is 11.2. The molecule has 1 aromatic carbocycles. The van der Waals surface area contributed by atoms with Gasteiger partial charge in [-0.05, 0) is 11.6 Å². The van der Waals surface area contributed by atoms with Crippen LogP contribution in [0.25, 0.3) is 0 Å². The van der Waals surface area contributed by atoms with Gasteiger partial charge < -0.3 is 0 Å². The Balaban J connectivity index is 1.98. The summed E-state index contributed by atoms with van der Waals surface area (Å²) in [6.45, 7) is 0. The molecule has 0 spiro atoms. The van der Waals surface area contributed by atoms with E-state index in [-0.39, 0.29) is 11.3 Å². The molecule has 1 aliphatic rings. The number of thioether (sulfide) groups is 1. The van der Waals surface area contributed by atoms with Gasteiger partial charge in [0.25, 0.3) is 0 Å². The number of aromatic nitrogens is 2. The predicted octanol–water partition coefficient (Wildman–Crippen LogP) is 2.26. The van der Waals surface area contributed by atoms with Crippen molar-refractivity contribution in [3.8, 4) is 0 Å². The Labute approximate surface area is 109 Å². The van der Waals surface area contributed by atoms with Gasteiger partial charge in [0.1, 0.15) is 5.37 Å². The van der Waals surface area contributed by atoms with E-state index in [0.717, 1.165) is 5.56 Å². The highest BCUT2D eigenvalue weighted by atomic mass is 32.2. The summed E-state index contributed by atoms with van der Waals surface area (Å²) >= 11 is 1.60. The lowest BCUT2D eigenvalue weighted by molar-refractivity contribution is -0.115. The smallest absolute Gasteiger partial charge is 0.240 e. The van der Waals surface area contributed by atoms with E-state index in [0.29, 0.717) is 11.7 Å². The lowest BCUT2D eigenvalue weighted by Gasteiger charge is -2.21. The fourth-order valence-electron chi connectivity index (χ4n) is 1.92. The second-order valence-electron chi connectivity index (χ2n) is 3.89. The highest BCUT2D eigenvalue weighted by Gasteiger charge is 2.35. The van der Waals surface area contributed by atoms with E-state index in [2.05, 4.69) is 9.97 Å². The van der Waals surface area contributed by atoms with Gasteiger partial charge in [-0.1, -0.05) is 30.3 Å². The number of anilines is 1. The molecule has 1 aromatic heterocycles. The molecular formula is C13H11N3OS. The summed E-state index contributed by atoms with van der Waals surface area (Å²) in [5.41, 5.74) is 1.10. The van der Waals surface area contributed by atoms with E-state index < -0.39 is 0 Å². The average molecular weight is 257 g/mol. The van der Waals surface area contributed by atoms with Gasteiger partial charge in [-0.15, -0.1) is 11.8 Å². The largest absolute Gasteiger partial charge is 0.273 e. The summed E-state index contributed by atoms with van der Waals surface area (Å²) in [6.07, 6.45) is 3.31. The molecule has 90 valence electrons. The first-order chi connectivity index (χ1) is 8.86. The molecule has 2 aromatic rings. The standard InChI is InChI=1S/C13H11N3OS/c17-11-9-18-12(10-5-2-1-3-6-10)16(11)13-14-7-4-8-15-13/h1-8,12H,9H2. The van der Waals surface area contributed by atoms with Crippen molar-refractivity contribution in [3.05, 3.63) is 54.4 Å². The Kier molecular flexibility index (Phi) is 2.98. The van der Waals surface area contributed by atoms with E-state index in [1.54, 1.807) is 35.1 Å². The summed E-state index contributed by atoms with van der Waals surface area (Å²) in [5, 5.41) is -0.0268. The Bertz CT molecular complexity index is 547. The second-order valence-corrected chi connectivity index (χ2v) is 4.96. The highest BCUT2D eigenvalue weighted by Crippen LogP contribution is 2.39. The number of nitrogens with zero attached hydrogens (tertiary/aromatic N) is 3. The molecule has 1 amide bonds.